The first-order valence-electron chi connectivity index (χ1n) is 7.67. The largest absolute Gasteiger partial charge is 0.444 e. The van der Waals surface area contributed by atoms with Gasteiger partial charge in [-0.05, 0) is 62.7 Å². The summed E-state index contributed by atoms with van der Waals surface area (Å²) in [7, 11) is 0. The first kappa shape index (κ1) is 11.1. The molecule has 5 fully saturated rings. The van der Waals surface area contributed by atoms with Crippen LogP contribution in [0.2, 0.25) is 0 Å². The van der Waals surface area contributed by atoms with Crippen molar-refractivity contribution in [3.05, 3.63) is 0 Å². The molecule has 3 heteroatoms. The van der Waals surface area contributed by atoms with E-state index in [9.17, 15) is 4.79 Å². The molecule has 1 atom stereocenters. The topological polar surface area (TPSA) is 29.5 Å². The van der Waals surface area contributed by atoms with E-state index in [1.165, 1.54) is 38.5 Å². The lowest BCUT2D eigenvalue weighted by Crippen LogP contribution is -2.60. The molecule has 5 aliphatic rings. The van der Waals surface area contributed by atoms with Crippen LogP contribution in [0.5, 0.6) is 0 Å². The van der Waals surface area contributed by atoms with E-state index in [1.807, 2.05) is 0 Å². The van der Waals surface area contributed by atoms with Crippen molar-refractivity contribution in [1.29, 1.82) is 0 Å². The van der Waals surface area contributed by atoms with Gasteiger partial charge in [0.2, 0.25) is 0 Å². The van der Waals surface area contributed by atoms with Crippen LogP contribution in [-0.2, 0) is 4.74 Å². The van der Waals surface area contributed by atoms with Gasteiger partial charge in [-0.15, -0.1) is 0 Å². The number of rotatable bonds is 2. The summed E-state index contributed by atoms with van der Waals surface area (Å²) in [5.41, 5.74) is 0.190. The highest BCUT2D eigenvalue weighted by Crippen LogP contribution is 2.58. The van der Waals surface area contributed by atoms with Crippen LogP contribution in [0.15, 0.2) is 0 Å². The van der Waals surface area contributed by atoms with Gasteiger partial charge in [0, 0.05) is 5.54 Å². The molecule has 0 aromatic heterocycles. The summed E-state index contributed by atoms with van der Waals surface area (Å²) < 4.78 is 5.50. The van der Waals surface area contributed by atoms with Crippen LogP contribution in [0.4, 0.5) is 4.79 Å². The van der Waals surface area contributed by atoms with Gasteiger partial charge >= 0.3 is 6.09 Å². The first-order valence-corrected chi connectivity index (χ1v) is 7.67. The Morgan fingerprint density at radius 3 is 2.17 bits per heavy atom. The number of cyclic esters (lactones) is 1. The Morgan fingerprint density at radius 1 is 1.17 bits per heavy atom. The lowest BCUT2D eigenvalue weighted by atomic mass is 9.52. The number of hydrogen-bond donors (Lipinski definition) is 0. The minimum Gasteiger partial charge on any atom is -0.444 e. The third-order valence-corrected chi connectivity index (χ3v) is 5.91. The number of carbonyl (C=O) groups is 1. The van der Waals surface area contributed by atoms with E-state index in [0.717, 1.165) is 30.7 Å². The maximum Gasteiger partial charge on any atom is 0.410 e. The van der Waals surface area contributed by atoms with Crippen molar-refractivity contribution >= 4 is 6.09 Å². The molecule has 5 rings (SSSR count). The monoisotopic (exact) mass is 249 g/mol. The lowest BCUT2D eigenvalue weighted by molar-refractivity contribution is -0.0662. The number of nitrogens with zero attached hydrogens (tertiary/aromatic N) is 1. The van der Waals surface area contributed by atoms with Crippen molar-refractivity contribution in [2.75, 3.05) is 6.54 Å². The second-order valence-electron chi connectivity index (χ2n) is 7.17. The zero-order valence-electron chi connectivity index (χ0n) is 11.2. The summed E-state index contributed by atoms with van der Waals surface area (Å²) in [5, 5.41) is 0. The van der Waals surface area contributed by atoms with Crippen molar-refractivity contribution in [1.82, 2.24) is 4.90 Å². The van der Waals surface area contributed by atoms with Crippen LogP contribution in [0.25, 0.3) is 0 Å². The zero-order chi connectivity index (χ0) is 12.3. The molecule has 4 saturated carbocycles. The summed E-state index contributed by atoms with van der Waals surface area (Å²) in [6.07, 6.45) is 9.13. The van der Waals surface area contributed by atoms with Crippen LogP contribution in [0.1, 0.15) is 51.9 Å². The Kier molecular flexibility index (Phi) is 2.25. The van der Waals surface area contributed by atoms with Crippen molar-refractivity contribution in [3.63, 3.8) is 0 Å². The standard InChI is InChI=1S/C15H23NO2/c1-2-13-9-16(14(17)18-13)15-6-10-3-11(7-15)5-12(4-10)8-15/h10-13H,2-9H2,1H3. The number of amides is 1. The highest BCUT2D eigenvalue weighted by molar-refractivity contribution is 5.71. The Balaban J connectivity index is 1.62. The van der Waals surface area contributed by atoms with Crippen LogP contribution >= 0.6 is 0 Å². The van der Waals surface area contributed by atoms with Gasteiger partial charge in [0.1, 0.15) is 6.10 Å². The van der Waals surface area contributed by atoms with E-state index >= 15 is 0 Å². The fourth-order valence-electron chi connectivity index (χ4n) is 5.52. The summed E-state index contributed by atoms with van der Waals surface area (Å²) in [5.74, 6) is 2.68. The molecule has 100 valence electrons. The lowest BCUT2D eigenvalue weighted by Gasteiger charge is -2.59. The van der Waals surface area contributed by atoms with Crippen molar-refractivity contribution in [2.45, 2.75) is 63.5 Å². The molecule has 1 saturated heterocycles. The van der Waals surface area contributed by atoms with Crippen LogP contribution in [-0.4, -0.2) is 29.2 Å². The molecule has 0 spiro atoms. The number of hydrogen-bond acceptors (Lipinski definition) is 2. The SMILES string of the molecule is CCC1CN(C23CC4CC(CC(C4)C2)C3)C(=O)O1. The first-order chi connectivity index (χ1) is 8.68. The van der Waals surface area contributed by atoms with Gasteiger partial charge in [-0.2, -0.15) is 0 Å². The summed E-state index contributed by atoms with van der Waals surface area (Å²) in [6, 6.07) is 0. The minimum atomic E-state index is -0.0243. The molecule has 0 N–H and O–H groups in total. The smallest absolute Gasteiger partial charge is 0.410 e. The fourth-order valence-corrected chi connectivity index (χ4v) is 5.52. The van der Waals surface area contributed by atoms with Gasteiger partial charge in [-0.1, -0.05) is 6.92 Å². The van der Waals surface area contributed by atoms with Crippen molar-refractivity contribution in [3.8, 4) is 0 Å². The highest BCUT2D eigenvalue weighted by atomic mass is 16.6. The quantitative estimate of drug-likeness (QED) is 0.752. The summed E-state index contributed by atoms with van der Waals surface area (Å²) in [4.78, 5) is 14.3. The molecular weight excluding hydrogens is 226 g/mol. The second-order valence-corrected chi connectivity index (χ2v) is 7.17. The average Bonchev–Trinajstić information content (AvgIpc) is 2.69. The molecular formula is C15H23NO2. The predicted molar refractivity (Wildman–Crippen MR) is 68.2 cm³/mol. The maximum absolute atomic E-state index is 12.2. The fraction of sp³-hybridized carbons (Fsp3) is 0.933. The Morgan fingerprint density at radius 2 is 1.72 bits per heavy atom. The number of carbonyl (C=O) groups excluding carboxylic acids is 1. The minimum absolute atomic E-state index is 0.0243. The number of ether oxygens (including phenoxy) is 1. The van der Waals surface area contributed by atoms with Gasteiger partial charge in [0.15, 0.2) is 0 Å². The molecule has 0 aromatic rings. The normalized spacial score (nSPS) is 49.8. The molecule has 3 nitrogen and oxygen atoms in total. The van der Waals surface area contributed by atoms with Crippen LogP contribution < -0.4 is 0 Å². The molecule has 4 bridgehead atoms. The van der Waals surface area contributed by atoms with E-state index in [1.54, 1.807) is 0 Å². The zero-order valence-corrected chi connectivity index (χ0v) is 11.2. The van der Waals surface area contributed by atoms with E-state index in [0.29, 0.717) is 0 Å². The molecule has 1 heterocycles. The predicted octanol–water partition coefficient (Wildman–Crippen LogP) is 3.19. The van der Waals surface area contributed by atoms with Gasteiger partial charge in [0.25, 0.3) is 0 Å². The molecule has 0 aromatic carbocycles. The van der Waals surface area contributed by atoms with Gasteiger partial charge in [0.05, 0.1) is 6.54 Å². The molecule has 4 aliphatic carbocycles. The third-order valence-electron chi connectivity index (χ3n) is 5.91. The Labute approximate surface area is 109 Å². The van der Waals surface area contributed by atoms with Crippen molar-refractivity contribution in [2.24, 2.45) is 17.8 Å². The molecule has 1 amide bonds. The Bertz CT molecular complexity index is 343. The molecule has 1 aliphatic heterocycles. The second kappa shape index (κ2) is 3.64. The van der Waals surface area contributed by atoms with E-state index in [2.05, 4.69) is 11.8 Å². The van der Waals surface area contributed by atoms with Gasteiger partial charge in [-0.25, -0.2) is 4.79 Å². The Hall–Kier alpha value is -0.730. The molecule has 1 unspecified atom stereocenters. The van der Waals surface area contributed by atoms with E-state index in [-0.39, 0.29) is 17.7 Å². The molecule has 18 heavy (non-hydrogen) atoms. The maximum atomic E-state index is 12.2. The van der Waals surface area contributed by atoms with Crippen LogP contribution in [0.3, 0.4) is 0 Å². The van der Waals surface area contributed by atoms with E-state index < -0.39 is 0 Å². The molecule has 0 radical (unpaired) electrons. The summed E-state index contributed by atoms with van der Waals surface area (Å²) >= 11 is 0. The summed E-state index contributed by atoms with van der Waals surface area (Å²) in [6.45, 7) is 2.96. The highest BCUT2D eigenvalue weighted by Gasteiger charge is 2.56. The third kappa shape index (κ3) is 1.45. The van der Waals surface area contributed by atoms with E-state index in [4.69, 9.17) is 4.74 Å². The van der Waals surface area contributed by atoms with Crippen LogP contribution in [0, 0.1) is 17.8 Å². The average molecular weight is 249 g/mol. The van der Waals surface area contributed by atoms with Gasteiger partial charge in [-0.3, -0.25) is 4.90 Å². The van der Waals surface area contributed by atoms with Crippen molar-refractivity contribution < 1.29 is 9.53 Å². The van der Waals surface area contributed by atoms with Gasteiger partial charge < -0.3 is 4.74 Å².